The SMILES string of the molecule is O=C(O)C1CCC(C(=O)NCCn2ccnc2)C1. The second-order valence-corrected chi connectivity index (χ2v) is 4.64. The highest BCUT2D eigenvalue weighted by Gasteiger charge is 2.33. The van der Waals surface area contributed by atoms with Crippen LogP contribution in [0.25, 0.3) is 0 Å². The second kappa shape index (κ2) is 5.66. The largest absolute Gasteiger partial charge is 0.481 e. The molecule has 1 aromatic rings. The van der Waals surface area contributed by atoms with Crippen LogP contribution >= 0.6 is 0 Å². The summed E-state index contributed by atoms with van der Waals surface area (Å²) in [5.41, 5.74) is 0. The number of imidazole rings is 1. The van der Waals surface area contributed by atoms with Gasteiger partial charge >= 0.3 is 5.97 Å². The zero-order valence-electron chi connectivity index (χ0n) is 10.1. The first kappa shape index (κ1) is 12.6. The number of hydrogen-bond acceptors (Lipinski definition) is 3. The normalized spacial score (nSPS) is 22.9. The van der Waals surface area contributed by atoms with Crippen molar-refractivity contribution in [1.82, 2.24) is 14.9 Å². The Balaban J connectivity index is 1.71. The van der Waals surface area contributed by atoms with E-state index in [1.54, 1.807) is 12.5 Å². The number of aliphatic carboxylic acids is 1. The fourth-order valence-electron chi connectivity index (χ4n) is 2.32. The molecule has 1 heterocycles. The smallest absolute Gasteiger partial charge is 0.306 e. The van der Waals surface area contributed by atoms with Gasteiger partial charge in [-0.15, -0.1) is 0 Å². The van der Waals surface area contributed by atoms with E-state index in [1.807, 2.05) is 10.8 Å². The molecule has 1 amide bonds. The Labute approximate surface area is 105 Å². The van der Waals surface area contributed by atoms with Crippen LogP contribution in [0.3, 0.4) is 0 Å². The summed E-state index contributed by atoms with van der Waals surface area (Å²) in [7, 11) is 0. The monoisotopic (exact) mass is 251 g/mol. The van der Waals surface area contributed by atoms with Gasteiger partial charge in [-0.1, -0.05) is 0 Å². The molecule has 0 bridgehead atoms. The van der Waals surface area contributed by atoms with Gasteiger partial charge in [-0.3, -0.25) is 9.59 Å². The van der Waals surface area contributed by atoms with Crippen LogP contribution in [-0.2, 0) is 16.1 Å². The fourth-order valence-corrected chi connectivity index (χ4v) is 2.32. The van der Waals surface area contributed by atoms with Crippen molar-refractivity contribution < 1.29 is 14.7 Å². The molecule has 1 fully saturated rings. The number of rotatable bonds is 5. The topological polar surface area (TPSA) is 84.2 Å². The average Bonchev–Trinajstić information content (AvgIpc) is 2.99. The van der Waals surface area contributed by atoms with E-state index in [0.29, 0.717) is 32.4 Å². The number of carbonyl (C=O) groups is 2. The van der Waals surface area contributed by atoms with Crippen LogP contribution in [0, 0.1) is 11.8 Å². The van der Waals surface area contributed by atoms with Gasteiger partial charge in [-0.05, 0) is 19.3 Å². The molecule has 2 rings (SSSR count). The molecule has 18 heavy (non-hydrogen) atoms. The molecule has 0 saturated heterocycles. The van der Waals surface area contributed by atoms with Crippen LogP contribution in [0.4, 0.5) is 0 Å². The number of nitrogens with zero attached hydrogens (tertiary/aromatic N) is 2. The van der Waals surface area contributed by atoms with Crippen LogP contribution in [0.1, 0.15) is 19.3 Å². The number of carbonyl (C=O) groups excluding carboxylic acids is 1. The molecule has 1 saturated carbocycles. The number of hydrogen-bond donors (Lipinski definition) is 2. The van der Waals surface area contributed by atoms with E-state index in [-0.39, 0.29) is 17.7 Å². The Morgan fingerprint density at radius 3 is 2.78 bits per heavy atom. The first-order chi connectivity index (χ1) is 8.66. The van der Waals surface area contributed by atoms with E-state index in [0.717, 1.165) is 0 Å². The van der Waals surface area contributed by atoms with Gasteiger partial charge in [0.2, 0.25) is 5.91 Å². The van der Waals surface area contributed by atoms with E-state index in [4.69, 9.17) is 5.11 Å². The van der Waals surface area contributed by atoms with Crippen LogP contribution in [0.5, 0.6) is 0 Å². The third-order valence-corrected chi connectivity index (χ3v) is 3.38. The van der Waals surface area contributed by atoms with E-state index >= 15 is 0 Å². The molecule has 1 aliphatic rings. The van der Waals surface area contributed by atoms with E-state index in [1.165, 1.54) is 0 Å². The third-order valence-electron chi connectivity index (χ3n) is 3.38. The maximum absolute atomic E-state index is 11.8. The molecule has 2 N–H and O–H groups in total. The Kier molecular flexibility index (Phi) is 3.96. The van der Waals surface area contributed by atoms with E-state index < -0.39 is 5.97 Å². The fraction of sp³-hybridized carbons (Fsp3) is 0.583. The minimum absolute atomic E-state index is 0.0288. The highest BCUT2D eigenvalue weighted by Crippen LogP contribution is 2.30. The van der Waals surface area contributed by atoms with Gasteiger partial charge in [0.05, 0.1) is 12.2 Å². The summed E-state index contributed by atoms with van der Waals surface area (Å²) in [4.78, 5) is 26.5. The standard InChI is InChI=1S/C12H17N3O3/c16-11(9-1-2-10(7-9)12(17)18)14-4-6-15-5-3-13-8-15/h3,5,8-10H,1-2,4,6-7H2,(H,14,16)(H,17,18). The molecule has 2 unspecified atom stereocenters. The summed E-state index contributed by atoms with van der Waals surface area (Å²) >= 11 is 0. The summed E-state index contributed by atoms with van der Waals surface area (Å²) in [6.45, 7) is 1.23. The maximum Gasteiger partial charge on any atom is 0.306 e. The number of carboxylic acids is 1. The molecule has 0 aliphatic heterocycles. The van der Waals surface area contributed by atoms with Gasteiger partial charge in [0.25, 0.3) is 0 Å². The summed E-state index contributed by atoms with van der Waals surface area (Å²) < 4.78 is 1.88. The van der Waals surface area contributed by atoms with Gasteiger partial charge in [0, 0.05) is 31.4 Å². The van der Waals surface area contributed by atoms with Crippen molar-refractivity contribution in [3.05, 3.63) is 18.7 Å². The zero-order chi connectivity index (χ0) is 13.0. The van der Waals surface area contributed by atoms with E-state index in [2.05, 4.69) is 10.3 Å². The first-order valence-corrected chi connectivity index (χ1v) is 6.13. The predicted molar refractivity (Wildman–Crippen MR) is 63.7 cm³/mol. The Bertz CT molecular complexity index is 416. The average molecular weight is 251 g/mol. The minimum Gasteiger partial charge on any atom is -0.481 e. The lowest BCUT2D eigenvalue weighted by molar-refractivity contribution is -0.141. The van der Waals surface area contributed by atoms with Gasteiger partial charge in [0.15, 0.2) is 0 Å². The van der Waals surface area contributed by atoms with Gasteiger partial charge in [-0.25, -0.2) is 4.98 Å². The van der Waals surface area contributed by atoms with Crippen molar-refractivity contribution in [2.75, 3.05) is 6.54 Å². The van der Waals surface area contributed by atoms with Crippen LogP contribution in [0.15, 0.2) is 18.7 Å². The molecule has 1 aliphatic carbocycles. The predicted octanol–water partition coefficient (Wildman–Crippen LogP) is 0.500. The maximum atomic E-state index is 11.8. The van der Waals surface area contributed by atoms with Crippen LogP contribution in [0.2, 0.25) is 0 Å². The van der Waals surface area contributed by atoms with Crippen molar-refractivity contribution in [2.45, 2.75) is 25.8 Å². The first-order valence-electron chi connectivity index (χ1n) is 6.13. The minimum atomic E-state index is -0.788. The van der Waals surface area contributed by atoms with Crippen molar-refractivity contribution in [2.24, 2.45) is 11.8 Å². The number of carboxylic acid groups (broad SMARTS) is 1. The third kappa shape index (κ3) is 3.09. The van der Waals surface area contributed by atoms with Gasteiger partial charge < -0.3 is 15.0 Å². The Morgan fingerprint density at radius 1 is 1.39 bits per heavy atom. The number of nitrogens with one attached hydrogen (secondary N) is 1. The molecule has 98 valence electrons. The molecule has 1 aromatic heterocycles. The van der Waals surface area contributed by atoms with Crippen molar-refractivity contribution >= 4 is 11.9 Å². The molecular formula is C12H17N3O3. The van der Waals surface area contributed by atoms with Crippen molar-refractivity contribution in [1.29, 1.82) is 0 Å². The molecule has 0 spiro atoms. The summed E-state index contributed by atoms with van der Waals surface area (Å²) in [6.07, 6.45) is 6.97. The number of aromatic nitrogens is 2. The van der Waals surface area contributed by atoms with Gasteiger partial charge in [0.1, 0.15) is 0 Å². The lowest BCUT2D eigenvalue weighted by Crippen LogP contribution is -2.32. The summed E-state index contributed by atoms with van der Waals surface area (Å²) in [5.74, 6) is -1.31. The number of amides is 1. The summed E-state index contributed by atoms with van der Waals surface area (Å²) in [5, 5.41) is 11.7. The lowest BCUT2D eigenvalue weighted by atomic mass is 10.0. The highest BCUT2D eigenvalue weighted by atomic mass is 16.4. The summed E-state index contributed by atoms with van der Waals surface area (Å²) in [6, 6.07) is 0. The molecule has 2 atom stereocenters. The zero-order valence-corrected chi connectivity index (χ0v) is 10.1. The van der Waals surface area contributed by atoms with Crippen molar-refractivity contribution in [3.63, 3.8) is 0 Å². The highest BCUT2D eigenvalue weighted by molar-refractivity contribution is 5.80. The van der Waals surface area contributed by atoms with Crippen LogP contribution < -0.4 is 5.32 Å². The lowest BCUT2D eigenvalue weighted by Gasteiger charge is -2.10. The van der Waals surface area contributed by atoms with Crippen LogP contribution in [-0.4, -0.2) is 33.1 Å². The molecule has 0 aromatic carbocycles. The molecule has 6 heteroatoms. The molecule has 0 radical (unpaired) electrons. The Hall–Kier alpha value is -1.85. The molecular weight excluding hydrogens is 234 g/mol. The molecule has 6 nitrogen and oxygen atoms in total. The Morgan fingerprint density at radius 2 is 2.17 bits per heavy atom. The van der Waals surface area contributed by atoms with Gasteiger partial charge in [-0.2, -0.15) is 0 Å². The van der Waals surface area contributed by atoms with Crippen molar-refractivity contribution in [3.8, 4) is 0 Å². The van der Waals surface area contributed by atoms with E-state index in [9.17, 15) is 9.59 Å². The second-order valence-electron chi connectivity index (χ2n) is 4.64. The quantitative estimate of drug-likeness (QED) is 0.798.